The van der Waals surface area contributed by atoms with Gasteiger partial charge < -0.3 is 0 Å². The van der Waals surface area contributed by atoms with Crippen molar-refractivity contribution in [1.29, 1.82) is 0 Å². The van der Waals surface area contributed by atoms with E-state index < -0.39 is 0 Å². The van der Waals surface area contributed by atoms with Crippen LogP contribution in [0.5, 0.6) is 0 Å². The fraction of sp³-hybridized carbons (Fsp3) is 0.667. The Labute approximate surface area is 82.4 Å². The number of hydrogen-bond acceptors (Lipinski definition) is 2. The zero-order chi connectivity index (χ0) is 8.43. The van der Waals surface area contributed by atoms with Crippen molar-refractivity contribution in [3.05, 3.63) is 9.21 Å². The number of aromatic nitrogens is 3. The van der Waals surface area contributed by atoms with Crippen molar-refractivity contribution >= 4 is 31.9 Å². The van der Waals surface area contributed by atoms with E-state index in [0.29, 0.717) is 5.92 Å². The molecule has 0 atom stereocenters. The summed E-state index contributed by atoms with van der Waals surface area (Å²) >= 11 is 6.53. The average molecular weight is 283 g/mol. The van der Waals surface area contributed by atoms with Crippen LogP contribution in [0.4, 0.5) is 0 Å². The molecule has 11 heavy (non-hydrogen) atoms. The largest absolute Gasteiger partial charge is 0.182 e. The lowest BCUT2D eigenvalue weighted by Crippen LogP contribution is -2.07. The maximum absolute atomic E-state index is 4.13. The van der Waals surface area contributed by atoms with Crippen molar-refractivity contribution in [3.63, 3.8) is 0 Å². The molecule has 1 aromatic heterocycles. The van der Waals surface area contributed by atoms with E-state index >= 15 is 0 Å². The van der Waals surface area contributed by atoms with E-state index in [1.807, 2.05) is 0 Å². The minimum Gasteiger partial charge on any atom is -0.182 e. The van der Waals surface area contributed by atoms with E-state index in [9.17, 15) is 0 Å². The Kier molecular flexibility index (Phi) is 3.06. The molecule has 3 nitrogen and oxygen atoms in total. The van der Waals surface area contributed by atoms with Gasteiger partial charge in [-0.15, -0.1) is 10.2 Å². The smallest absolute Gasteiger partial charge is 0.162 e. The predicted octanol–water partition coefficient (Wildman–Crippen LogP) is 2.46. The lowest BCUT2D eigenvalue weighted by atomic mass is 10.2. The Balaban J connectivity index is 2.73. The Hall–Kier alpha value is 0.1000. The Morgan fingerprint density at radius 3 is 2.09 bits per heavy atom. The van der Waals surface area contributed by atoms with Crippen LogP contribution in [-0.2, 0) is 6.54 Å². The molecule has 0 aliphatic carbocycles. The van der Waals surface area contributed by atoms with Crippen LogP contribution >= 0.6 is 31.9 Å². The highest BCUT2D eigenvalue weighted by Gasteiger charge is 2.05. The van der Waals surface area contributed by atoms with Crippen LogP contribution in [0.2, 0.25) is 0 Å². The minimum atomic E-state index is 0.571. The van der Waals surface area contributed by atoms with Gasteiger partial charge in [0.15, 0.2) is 9.21 Å². The van der Waals surface area contributed by atoms with Gasteiger partial charge in [0.2, 0.25) is 0 Å². The van der Waals surface area contributed by atoms with E-state index in [2.05, 4.69) is 55.9 Å². The summed E-state index contributed by atoms with van der Waals surface area (Å²) in [6.45, 7) is 5.11. The molecular formula is C6H9Br2N3. The quantitative estimate of drug-likeness (QED) is 0.834. The van der Waals surface area contributed by atoms with Gasteiger partial charge in [-0.3, -0.25) is 0 Å². The van der Waals surface area contributed by atoms with Crippen molar-refractivity contribution in [2.24, 2.45) is 5.92 Å². The van der Waals surface area contributed by atoms with Crippen LogP contribution in [0.15, 0.2) is 9.21 Å². The van der Waals surface area contributed by atoms with Crippen LogP contribution in [0.25, 0.3) is 0 Å². The highest BCUT2D eigenvalue weighted by Crippen LogP contribution is 2.17. The third-order valence-corrected chi connectivity index (χ3v) is 2.71. The van der Waals surface area contributed by atoms with Gasteiger partial charge in [-0.2, -0.15) is 4.80 Å². The molecule has 62 valence electrons. The second-order valence-corrected chi connectivity index (χ2v) is 4.23. The van der Waals surface area contributed by atoms with Gasteiger partial charge in [-0.1, -0.05) is 13.8 Å². The molecule has 0 radical (unpaired) electrons. The Morgan fingerprint density at radius 1 is 1.27 bits per heavy atom. The summed E-state index contributed by atoms with van der Waals surface area (Å²) in [4.78, 5) is 1.68. The second kappa shape index (κ2) is 3.67. The van der Waals surface area contributed by atoms with Gasteiger partial charge in [0.05, 0.1) is 6.54 Å². The molecule has 0 amide bonds. The van der Waals surface area contributed by atoms with E-state index in [1.165, 1.54) is 0 Å². The minimum absolute atomic E-state index is 0.571. The maximum Gasteiger partial charge on any atom is 0.162 e. The lowest BCUT2D eigenvalue weighted by Gasteiger charge is -2.00. The molecule has 0 unspecified atom stereocenters. The molecule has 0 fully saturated rings. The molecule has 0 spiro atoms. The summed E-state index contributed by atoms with van der Waals surface area (Å²) in [5.74, 6) is 0.571. The molecular weight excluding hydrogens is 274 g/mol. The van der Waals surface area contributed by atoms with E-state index in [4.69, 9.17) is 0 Å². The fourth-order valence-corrected chi connectivity index (χ4v) is 1.24. The van der Waals surface area contributed by atoms with Crippen LogP contribution in [0.1, 0.15) is 13.8 Å². The second-order valence-electron chi connectivity index (χ2n) is 2.73. The first-order chi connectivity index (χ1) is 5.09. The van der Waals surface area contributed by atoms with Crippen molar-refractivity contribution in [1.82, 2.24) is 15.0 Å². The summed E-state index contributed by atoms with van der Waals surface area (Å²) in [5, 5.41) is 8.25. The van der Waals surface area contributed by atoms with Crippen LogP contribution in [0, 0.1) is 5.92 Å². The topological polar surface area (TPSA) is 30.7 Å². The van der Waals surface area contributed by atoms with E-state index in [0.717, 1.165) is 15.8 Å². The van der Waals surface area contributed by atoms with Crippen molar-refractivity contribution < 1.29 is 0 Å². The summed E-state index contributed by atoms with van der Waals surface area (Å²) < 4.78 is 1.52. The number of rotatable bonds is 2. The maximum atomic E-state index is 4.13. The van der Waals surface area contributed by atoms with Crippen LogP contribution < -0.4 is 0 Å². The van der Waals surface area contributed by atoms with Crippen LogP contribution in [0.3, 0.4) is 0 Å². The Bertz CT molecular complexity index is 224. The van der Waals surface area contributed by atoms with Crippen molar-refractivity contribution in [2.75, 3.05) is 0 Å². The Morgan fingerprint density at radius 2 is 1.73 bits per heavy atom. The molecule has 0 aromatic carbocycles. The van der Waals surface area contributed by atoms with Gasteiger partial charge in [-0.25, -0.2) is 0 Å². The fourth-order valence-electron chi connectivity index (χ4n) is 0.716. The molecule has 0 aliphatic heterocycles. The van der Waals surface area contributed by atoms with Gasteiger partial charge in [0.1, 0.15) is 0 Å². The standard InChI is InChI=1S/C6H9Br2N3/c1-4(2)3-11-9-5(7)6(8)10-11/h4H,3H2,1-2H3. The van der Waals surface area contributed by atoms with Crippen molar-refractivity contribution in [3.8, 4) is 0 Å². The summed E-state index contributed by atoms with van der Waals surface area (Å²) in [7, 11) is 0. The normalized spacial score (nSPS) is 11.0. The highest BCUT2D eigenvalue weighted by atomic mass is 79.9. The van der Waals surface area contributed by atoms with Crippen LogP contribution in [-0.4, -0.2) is 15.0 Å². The molecule has 0 saturated carbocycles. The molecule has 5 heteroatoms. The van der Waals surface area contributed by atoms with Gasteiger partial charge in [-0.05, 0) is 37.8 Å². The number of hydrogen-bond donors (Lipinski definition) is 0. The molecule has 1 rings (SSSR count). The summed E-state index contributed by atoms with van der Waals surface area (Å²) in [6, 6.07) is 0. The van der Waals surface area contributed by atoms with E-state index in [1.54, 1.807) is 4.80 Å². The number of halogens is 2. The van der Waals surface area contributed by atoms with Gasteiger partial charge >= 0.3 is 0 Å². The molecule has 0 saturated heterocycles. The third kappa shape index (κ3) is 2.56. The third-order valence-electron chi connectivity index (χ3n) is 1.11. The molecule has 0 aliphatic rings. The first-order valence-corrected chi connectivity index (χ1v) is 4.94. The summed E-state index contributed by atoms with van der Waals surface area (Å²) in [6.07, 6.45) is 0. The first-order valence-electron chi connectivity index (χ1n) is 3.35. The SMILES string of the molecule is CC(C)Cn1nc(Br)c(Br)n1. The van der Waals surface area contributed by atoms with E-state index in [-0.39, 0.29) is 0 Å². The lowest BCUT2D eigenvalue weighted by molar-refractivity contribution is 0.435. The summed E-state index contributed by atoms with van der Waals surface area (Å²) in [5.41, 5.74) is 0. The van der Waals surface area contributed by atoms with Gasteiger partial charge in [0.25, 0.3) is 0 Å². The molecule has 1 aromatic rings. The molecule has 0 bridgehead atoms. The molecule has 1 heterocycles. The monoisotopic (exact) mass is 281 g/mol. The molecule has 0 N–H and O–H groups in total. The highest BCUT2D eigenvalue weighted by molar-refractivity contribution is 9.13. The average Bonchev–Trinajstić information content (AvgIpc) is 2.10. The van der Waals surface area contributed by atoms with Gasteiger partial charge in [0, 0.05) is 0 Å². The zero-order valence-electron chi connectivity index (χ0n) is 6.38. The predicted molar refractivity (Wildman–Crippen MR) is 50.3 cm³/mol. The number of nitrogens with zero attached hydrogens (tertiary/aromatic N) is 3. The first kappa shape index (κ1) is 9.19. The zero-order valence-corrected chi connectivity index (χ0v) is 9.55. The van der Waals surface area contributed by atoms with Crippen molar-refractivity contribution in [2.45, 2.75) is 20.4 Å².